The summed E-state index contributed by atoms with van der Waals surface area (Å²) in [7, 11) is 0. The number of amides is 1. The van der Waals surface area contributed by atoms with Gasteiger partial charge in [0.2, 0.25) is 5.91 Å². The molecule has 23 heavy (non-hydrogen) atoms. The Hall–Kier alpha value is -1.40. The standard InChI is InChI=1S/C17H24N2O3S/c1-23-16-11-15-14(21-8-9-22-15)10-13(16)19-17(20)3-2-12-4-6-18-7-5-12/h10-12,18H,2-9H2,1H3,(H,19,20). The Morgan fingerprint density at radius 3 is 2.65 bits per heavy atom. The average molecular weight is 336 g/mol. The SMILES string of the molecule is CSc1cc2c(cc1NC(=O)CCC1CCNCC1)OCCO2. The third-order valence-corrected chi connectivity index (χ3v) is 5.15. The summed E-state index contributed by atoms with van der Waals surface area (Å²) in [6.07, 6.45) is 5.89. The molecule has 0 aliphatic carbocycles. The number of thioether (sulfide) groups is 1. The molecule has 0 aromatic heterocycles. The van der Waals surface area contributed by atoms with Crippen LogP contribution in [0, 0.1) is 5.92 Å². The Kier molecular flexibility index (Phi) is 5.67. The molecule has 2 heterocycles. The zero-order chi connectivity index (χ0) is 16.1. The van der Waals surface area contributed by atoms with Gasteiger partial charge in [-0.15, -0.1) is 11.8 Å². The van der Waals surface area contributed by atoms with Crippen molar-refractivity contribution in [3.8, 4) is 11.5 Å². The van der Waals surface area contributed by atoms with Gasteiger partial charge in [0.1, 0.15) is 13.2 Å². The highest BCUT2D eigenvalue weighted by atomic mass is 32.2. The van der Waals surface area contributed by atoms with Gasteiger partial charge in [0.05, 0.1) is 5.69 Å². The first kappa shape index (κ1) is 16.5. The van der Waals surface area contributed by atoms with Crippen molar-refractivity contribution in [3.63, 3.8) is 0 Å². The number of benzene rings is 1. The maximum absolute atomic E-state index is 12.3. The van der Waals surface area contributed by atoms with Crippen molar-refractivity contribution in [1.29, 1.82) is 0 Å². The number of carbonyl (C=O) groups is 1. The van der Waals surface area contributed by atoms with Gasteiger partial charge in [0.25, 0.3) is 0 Å². The fourth-order valence-corrected chi connectivity index (χ4v) is 3.61. The summed E-state index contributed by atoms with van der Waals surface area (Å²) in [6, 6.07) is 3.82. The predicted molar refractivity (Wildman–Crippen MR) is 92.7 cm³/mol. The van der Waals surface area contributed by atoms with Crippen LogP contribution in [-0.4, -0.2) is 38.5 Å². The molecule has 0 radical (unpaired) electrons. The molecule has 5 nitrogen and oxygen atoms in total. The lowest BCUT2D eigenvalue weighted by Gasteiger charge is -2.23. The second-order valence-electron chi connectivity index (χ2n) is 5.98. The summed E-state index contributed by atoms with van der Waals surface area (Å²) in [5.41, 5.74) is 0.817. The third-order valence-electron chi connectivity index (χ3n) is 4.38. The summed E-state index contributed by atoms with van der Waals surface area (Å²) < 4.78 is 11.2. The van der Waals surface area contributed by atoms with E-state index in [9.17, 15) is 4.79 Å². The number of ether oxygens (including phenoxy) is 2. The van der Waals surface area contributed by atoms with Crippen LogP contribution in [0.3, 0.4) is 0 Å². The quantitative estimate of drug-likeness (QED) is 0.810. The van der Waals surface area contributed by atoms with Crippen molar-refractivity contribution in [1.82, 2.24) is 5.32 Å². The average Bonchev–Trinajstić information content (AvgIpc) is 2.60. The van der Waals surface area contributed by atoms with Crippen molar-refractivity contribution in [3.05, 3.63) is 12.1 Å². The van der Waals surface area contributed by atoms with Crippen LogP contribution in [0.1, 0.15) is 25.7 Å². The van der Waals surface area contributed by atoms with Crippen LogP contribution >= 0.6 is 11.8 Å². The van der Waals surface area contributed by atoms with Crippen LogP contribution in [0.5, 0.6) is 11.5 Å². The second-order valence-corrected chi connectivity index (χ2v) is 6.82. The Morgan fingerprint density at radius 2 is 1.96 bits per heavy atom. The molecular weight excluding hydrogens is 312 g/mol. The number of fused-ring (bicyclic) bond motifs is 1. The molecule has 1 aromatic carbocycles. The van der Waals surface area contributed by atoms with Gasteiger partial charge in [-0.05, 0) is 50.6 Å². The molecule has 0 bridgehead atoms. The van der Waals surface area contributed by atoms with Crippen LogP contribution in [0.25, 0.3) is 0 Å². The van der Waals surface area contributed by atoms with Crippen LogP contribution in [0.2, 0.25) is 0 Å². The fraction of sp³-hybridized carbons (Fsp3) is 0.588. The van der Waals surface area contributed by atoms with Gasteiger partial charge in [-0.3, -0.25) is 4.79 Å². The third kappa shape index (κ3) is 4.32. The Labute approximate surface area is 141 Å². The maximum Gasteiger partial charge on any atom is 0.224 e. The molecule has 1 aromatic rings. The zero-order valence-electron chi connectivity index (χ0n) is 13.5. The van der Waals surface area contributed by atoms with Gasteiger partial charge in [0, 0.05) is 17.4 Å². The van der Waals surface area contributed by atoms with Crippen LogP contribution in [0.4, 0.5) is 5.69 Å². The highest BCUT2D eigenvalue weighted by molar-refractivity contribution is 7.98. The van der Waals surface area contributed by atoms with Gasteiger partial charge < -0.3 is 20.1 Å². The summed E-state index contributed by atoms with van der Waals surface area (Å²) in [6.45, 7) is 3.27. The van der Waals surface area contributed by atoms with Crippen molar-refractivity contribution >= 4 is 23.4 Å². The van der Waals surface area contributed by atoms with E-state index in [-0.39, 0.29) is 5.91 Å². The van der Waals surface area contributed by atoms with E-state index in [4.69, 9.17) is 9.47 Å². The highest BCUT2D eigenvalue weighted by Crippen LogP contribution is 2.39. The van der Waals surface area contributed by atoms with Crippen LogP contribution in [-0.2, 0) is 4.79 Å². The minimum atomic E-state index is 0.0792. The summed E-state index contributed by atoms with van der Waals surface area (Å²) in [4.78, 5) is 13.3. The maximum atomic E-state index is 12.3. The minimum Gasteiger partial charge on any atom is -0.486 e. The Bertz CT molecular complexity index is 559. The molecule has 2 aliphatic heterocycles. The number of rotatable bonds is 5. The lowest BCUT2D eigenvalue weighted by molar-refractivity contribution is -0.116. The molecule has 1 fully saturated rings. The number of anilines is 1. The molecular formula is C17H24N2O3S. The van der Waals surface area contributed by atoms with E-state index >= 15 is 0 Å². The van der Waals surface area contributed by atoms with Crippen molar-refractivity contribution < 1.29 is 14.3 Å². The first-order valence-corrected chi connectivity index (χ1v) is 9.47. The molecule has 1 amide bonds. The molecule has 2 aliphatic rings. The number of nitrogens with one attached hydrogen (secondary N) is 2. The molecule has 0 unspecified atom stereocenters. The number of hydrogen-bond donors (Lipinski definition) is 2. The van der Waals surface area contributed by atoms with E-state index in [0.29, 0.717) is 31.3 Å². The topological polar surface area (TPSA) is 59.6 Å². The summed E-state index contributed by atoms with van der Waals surface area (Å²) in [5.74, 6) is 2.22. The van der Waals surface area contributed by atoms with Crippen molar-refractivity contribution in [2.45, 2.75) is 30.6 Å². The van der Waals surface area contributed by atoms with E-state index in [0.717, 1.165) is 35.8 Å². The largest absolute Gasteiger partial charge is 0.486 e. The van der Waals surface area contributed by atoms with Crippen LogP contribution in [0.15, 0.2) is 17.0 Å². The number of piperidine rings is 1. The van der Waals surface area contributed by atoms with E-state index in [1.54, 1.807) is 11.8 Å². The molecule has 6 heteroatoms. The Morgan fingerprint density at radius 1 is 1.26 bits per heavy atom. The smallest absolute Gasteiger partial charge is 0.224 e. The molecule has 0 atom stereocenters. The van der Waals surface area contributed by atoms with Gasteiger partial charge >= 0.3 is 0 Å². The molecule has 0 spiro atoms. The zero-order valence-corrected chi connectivity index (χ0v) is 14.3. The molecule has 2 N–H and O–H groups in total. The van der Waals surface area contributed by atoms with Gasteiger partial charge in [-0.1, -0.05) is 0 Å². The van der Waals surface area contributed by atoms with E-state index in [1.807, 2.05) is 18.4 Å². The second kappa shape index (κ2) is 7.93. The lowest BCUT2D eigenvalue weighted by atomic mass is 9.93. The minimum absolute atomic E-state index is 0.0792. The van der Waals surface area contributed by atoms with E-state index in [1.165, 1.54) is 12.8 Å². The number of carbonyl (C=O) groups excluding carboxylic acids is 1. The van der Waals surface area contributed by atoms with E-state index in [2.05, 4.69) is 10.6 Å². The predicted octanol–water partition coefficient (Wildman–Crippen LogP) is 2.90. The van der Waals surface area contributed by atoms with Gasteiger partial charge in [-0.2, -0.15) is 0 Å². The highest BCUT2D eigenvalue weighted by Gasteiger charge is 2.18. The normalized spacial score (nSPS) is 17.8. The molecule has 126 valence electrons. The van der Waals surface area contributed by atoms with Crippen molar-refractivity contribution in [2.24, 2.45) is 5.92 Å². The Balaban J connectivity index is 1.60. The van der Waals surface area contributed by atoms with E-state index < -0.39 is 0 Å². The van der Waals surface area contributed by atoms with Crippen LogP contribution < -0.4 is 20.1 Å². The number of hydrogen-bond acceptors (Lipinski definition) is 5. The monoisotopic (exact) mass is 336 g/mol. The summed E-state index contributed by atoms with van der Waals surface area (Å²) in [5, 5.41) is 6.40. The van der Waals surface area contributed by atoms with Crippen molar-refractivity contribution in [2.75, 3.05) is 37.9 Å². The first-order chi connectivity index (χ1) is 11.3. The van der Waals surface area contributed by atoms with Gasteiger partial charge in [-0.25, -0.2) is 0 Å². The molecule has 1 saturated heterocycles. The molecule has 3 rings (SSSR count). The lowest BCUT2D eigenvalue weighted by Crippen LogP contribution is -2.28. The molecule has 0 saturated carbocycles. The fourth-order valence-electron chi connectivity index (χ4n) is 3.06. The first-order valence-electron chi connectivity index (χ1n) is 8.24. The van der Waals surface area contributed by atoms with Gasteiger partial charge in [0.15, 0.2) is 11.5 Å². The summed E-state index contributed by atoms with van der Waals surface area (Å²) >= 11 is 1.60.